The summed E-state index contributed by atoms with van der Waals surface area (Å²) in [6, 6.07) is 4.47. The minimum absolute atomic E-state index is 0.281. The second-order valence-electron chi connectivity index (χ2n) is 5.74. The molecule has 106 valence electrons. The number of aliphatic hydroxyl groups is 1. The van der Waals surface area contributed by atoms with Crippen LogP contribution in [0, 0.1) is 0 Å². The van der Waals surface area contributed by atoms with Gasteiger partial charge >= 0.3 is 0 Å². The average Bonchev–Trinajstić information content (AvgIpc) is 2.38. The van der Waals surface area contributed by atoms with Crippen LogP contribution in [-0.4, -0.2) is 35.3 Å². The lowest BCUT2D eigenvalue weighted by Gasteiger charge is -2.38. The summed E-state index contributed by atoms with van der Waals surface area (Å²) in [7, 11) is 0. The van der Waals surface area contributed by atoms with Gasteiger partial charge in [-0.2, -0.15) is 0 Å². The highest BCUT2D eigenvalue weighted by Crippen LogP contribution is 2.25. The van der Waals surface area contributed by atoms with Crippen molar-refractivity contribution in [3.05, 3.63) is 24.0 Å². The lowest BCUT2D eigenvalue weighted by atomic mass is 9.95. The van der Waals surface area contributed by atoms with Crippen LogP contribution in [0.15, 0.2) is 18.3 Å². The van der Waals surface area contributed by atoms with E-state index in [-0.39, 0.29) is 6.04 Å². The van der Waals surface area contributed by atoms with Gasteiger partial charge < -0.3 is 15.3 Å². The number of nitrogens with zero attached hydrogens (tertiary/aromatic N) is 2. The van der Waals surface area contributed by atoms with Crippen molar-refractivity contribution >= 4 is 5.69 Å². The number of rotatable bonds is 4. The molecule has 2 unspecified atom stereocenters. The Balaban J connectivity index is 2.05. The van der Waals surface area contributed by atoms with Gasteiger partial charge in [0.1, 0.15) is 0 Å². The number of hydrogen-bond donors (Lipinski definition) is 2. The molecule has 0 bridgehead atoms. The van der Waals surface area contributed by atoms with Crippen LogP contribution in [-0.2, 0) is 0 Å². The number of anilines is 1. The number of piperidine rings is 1. The number of hydrogen-bond acceptors (Lipinski definition) is 4. The van der Waals surface area contributed by atoms with Crippen LogP contribution < -0.4 is 10.2 Å². The van der Waals surface area contributed by atoms with Crippen molar-refractivity contribution in [1.82, 2.24) is 10.3 Å². The van der Waals surface area contributed by atoms with E-state index in [1.54, 1.807) is 0 Å². The predicted molar refractivity (Wildman–Crippen MR) is 78.4 cm³/mol. The zero-order valence-corrected chi connectivity index (χ0v) is 12.2. The monoisotopic (exact) mass is 263 g/mol. The van der Waals surface area contributed by atoms with Crippen LogP contribution in [0.3, 0.4) is 0 Å². The third-order valence-corrected chi connectivity index (χ3v) is 3.76. The van der Waals surface area contributed by atoms with E-state index in [9.17, 15) is 5.11 Å². The predicted octanol–water partition coefficient (Wildman–Crippen LogP) is 2.10. The first-order valence-electron chi connectivity index (χ1n) is 7.18. The Morgan fingerprint density at radius 1 is 1.53 bits per heavy atom. The van der Waals surface area contributed by atoms with Crippen LogP contribution in [0.25, 0.3) is 0 Å². The highest BCUT2D eigenvalue weighted by molar-refractivity contribution is 5.45. The smallest absolute Gasteiger partial charge is 0.0794 e. The molecule has 0 aliphatic carbocycles. The molecule has 2 rings (SSSR count). The van der Waals surface area contributed by atoms with Gasteiger partial charge in [-0.05, 0) is 45.4 Å². The maximum absolute atomic E-state index is 10.1. The topological polar surface area (TPSA) is 48.4 Å². The first-order chi connectivity index (χ1) is 9.02. The fourth-order valence-electron chi connectivity index (χ4n) is 2.69. The van der Waals surface area contributed by atoms with Crippen molar-refractivity contribution in [3.63, 3.8) is 0 Å². The highest BCUT2D eigenvalue weighted by atomic mass is 16.3. The Morgan fingerprint density at radius 3 is 2.89 bits per heavy atom. The van der Waals surface area contributed by atoms with Crippen LogP contribution in [0.1, 0.15) is 45.3 Å². The first-order valence-corrected chi connectivity index (χ1v) is 7.18. The number of pyridine rings is 1. The molecule has 19 heavy (non-hydrogen) atoms. The van der Waals surface area contributed by atoms with Crippen molar-refractivity contribution in [2.75, 3.05) is 24.5 Å². The van der Waals surface area contributed by atoms with Crippen LogP contribution in [0.2, 0.25) is 0 Å². The molecular weight excluding hydrogens is 238 g/mol. The molecule has 1 saturated heterocycles. The summed E-state index contributed by atoms with van der Waals surface area (Å²) in [6.07, 6.45) is 3.83. The molecule has 2 heterocycles. The fraction of sp³-hybridized carbons (Fsp3) is 0.667. The minimum Gasteiger partial charge on any atom is -0.388 e. The average molecular weight is 263 g/mol. The van der Waals surface area contributed by atoms with E-state index >= 15 is 0 Å². The third kappa shape index (κ3) is 3.67. The minimum atomic E-state index is -0.575. The van der Waals surface area contributed by atoms with Gasteiger partial charge in [-0.25, -0.2) is 0 Å². The third-order valence-electron chi connectivity index (χ3n) is 3.76. The maximum atomic E-state index is 10.1. The van der Waals surface area contributed by atoms with Crippen LogP contribution >= 0.6 is 0 Å². The van der Waals surface area contributed by atoms with E-state index in [4.69, 9.17) is 0 Å². The molecule has 2 atom stereocenters. The normalized spacial score (nSPS) is 25.4. The summed E-state index contributed by atoms with van der Waals surface area (Å²) in [6.45, 7) is 8.77. The Labute approximate surface area is 115 Å². The van der Waals surface area contributed by atoms with E-state index in [1.165, 1.54) is 0 Å². The molecule has 1 aromatic heterocycles. The number of β-amino-alcohol motifs (C(OH)–C–C–N with tert-alkyl or cyclic N) is 1. The molecule has 0 spiro atoms. The fourth-order valence-corrected chi connectivity index (χ4v) is 2.69. The summed E-state index contributed by atoms with van der Waals surface area (Å²) in [4.78, 5) is 6.75. The first kappa shape index (κ1) is 14.3. The van der Waals surface area contributed by atoms with Gasteiger partial charge in [0.25, 0.3) is 0 Å². The molecule has 0 amide bonds. The van der Waals surface area contributed by atoms with E-state index in [0.717, 1.165) is 37.3 Å². The van der Waals surface area contributed by atoms with Gasteiger partial charge in [-0.15, -0.1) is 0 Å². The van der Waals surface area contributed by atoms with Gasteiger partial charge in [0.2, 0.25) is 0 Å². The van der Waals surface area contributed by atoms with Gasteiger partial charge in [0, 0.05) is 19.1 Å². The lowest BCUT2D eigenvalue weighted by Crippen LogP contribution is -2.46. The summed E-state index contributed by atoms with van der Waals surface area (Å²) in [5.74, 6) is 0. The molecule has 0 radical (unpaired) electrons. The van der Waals surface area contributed by atoms with Crippen molar-refractivity contribution in [2.45, 2.75) is 45.3 Å². The summed E-state index contributed by atoms with van der Waals surface area (Å²) < 4.78 is 0. The van der Waals surface area contributed by atoms with Crippen molar-refractivity contribution in [1.29, 1.82) is 0 Å². The molecule has 1 aliphatic rings. The quantitative estimate of drug-likeness (QED) is 0.873. The second kappa shape index (κ2) is 5.88. The zero-order valence-electron chi connectivity index (χ0n) is 12.2. The molecule has 1 fully saturated rings. The van der Waals surface area contributed by atoms with Gasteiger partial charge in [0.05, 0.1) is 23.2 Å². The Hall–Kier alpha value is -1.13. The highest BCUT2D eigenvalue weighted by Gasteiger charge is 2.28. The van der Waals surface area contributed by atoms with Gasteiger partial charge in [-0.1, -0.05) is 6.92 Å². The summed E-state index contributed by atoms with van der Waals surface area (Å²) >= 11 is 0. The Bertz CT molecular complexity index is 402. The van der Waals surface area contributed by atoms with E-state index < -0.39 is 5.60 Å². The molecule has 0 aromatic carbocycles. The van der Waals surface area contributed by atoms with E-state index in [1.807, 2.05) is 13.1 Å². The maximum Gasteiger partial charge on any atom is 0.0794 e. The molecule has 1 aliphatic heterocycles. The largest absolute Gasteiger partial charge is 0.388 e. The number of nitrogens with one attached hydrogen (secondary N) is 1. The van der Waals surface area contributed by atoms with E-state index in [0.29, 0.717) is 6.54 Å². The van der Waals surface area contributed by atoms with Crippen LogP contribution in [0.5, 0.6) is 0 Å². The van der Waals surface area contributed by atoms with Crippen molar-refractivity contribution < 1.29 is 5.11 Å². The van der Waals surface area contributed by atoms with Crippen molar-refractivity contribution in [2.24, 2.45) is 0 Å². The molecular formula is C15H25N3O. The molecule has 2 N–H and O–H groups in total. The molecule has 4 nitrogen and oxygen atoms in total. The van der Waals surface area contributed by atoms with Crippen LogP contribution in [0.4, 0.5) is 5.69 Å². The van der Waals surface area contributed by atoms with Gasteiger partial charge in [-0.3, -0.25) is 4.98 Å². The Morgan fingerprint density at radius 2 is 2.32 bits per heavy atom. The summed E-state index contributed by atoms with van der Waals surface area (Å²) in [5.41, 5.74) is 1.59. The number of aromatic nitrogens is 1. The SMILES string of the molecule is CCNC(C)c1ccc(N2CCCC(C)(O)C2)cn1. The second-order valence-corrected chi connectivity index (χ2v) is 5.74. The molecule has 0 saturated carbocycles. The summed E-state index contributed by atoms with van der Waals surface area (Å²) in [5, 5.41) is 13.5. The lowest BCUT2D eigenvalue weighted by molar-refractivity contribution is 0.0449. The van der Waals surface area contributed by atoms with Gasteiger partial charge in [0.15, 0.2) is 0 Å². The zero-order chi connectivity index (χ0) is 13.9. The van der Waals surface area contributed by atoms with E-state index in [2.05, 4.69) is 41.2 Å². The van der Waals surface area contributed by atoms with Crippen molar-refractivity contribution in [3.8, 4) is 0 Å². The molecule has 4 heteroatoms. The molecule has 1 aromatic rings. The standard InChI is InChI=1S/C15H25N3O/c1-4-16-12(2)14-7-6-13(10-17-14)18-9-5-8-15(3,19)11-18/h6-7,10,12,16,19H,4-5,8-9,11H2,1-3H3. The Kier molecular flexibility index (Phi) is 4.42.